The number of unbranched alkanes of at least 4 members (excludes halogenated alkanes) is 3. The zero-order valence-electron chi connectivity index (χ0n) is 20.0. The van der Waals surface area contributed by atoms with Gasteiger partial charge in [0.25, 0.3) is 11.5 Å². The van der Waals surface area contributed by atoms with Crippen LogP contribution in [0.1, 0.15) is 48.5 Å². The molecule has 0 fully saturated rings. The number of aromatic nitrogens is 2. The van der Waals surface area contributed by atoms with Crippen LogP contribution >= 0.6 is 0 Å². The predicted octanol–water partition coefficient (Wildman–Crippen LogP) is 3.79. The Labute approximate surface area is 205 Å². The largest absolute Gasteiger partial charge is 0.465 e. The number of aryl methyl sites for hydroxylation is 1. The van der Waals surface area contributed by atoms with Gasteiger partial charge in [-0.1, -0.05) is 25.0 Å². The Morgan fingerprint density at radius 3 is 2.66 bits per heavy atom. The molecule has 184 valence electrons. The van der Waals surface area contributed by atoms with Gasteiger partial charge in [0.1, 0.15) is 6.54 Å². The molecule has 8 nitrogen and oxygen atoms in total. The summed E-state index contributed by atoms with van der Waals surface area (Å²) < 4.78 is 6.12. The van der Waals surface area contributed by atoms with Gasteiger partial charge in [0, 0.05) is 35.8 Å². The first-order valence-electron chi connectivity index (χ1n) is 11.9. The van der Waals surface area contributed by atoms with Crippen LogP contribution in [0.25, 0.3) is 11.1 Å². The number of pyridine rings is 2. The molecule has 0 saturated heterocycles. The number of esters is 1. The number of anilines is 1. The maximum atomic E-state index is 13.0. The molecule has 0 aliphatic carbocycles. The fourth-order valence-electron chi connectivity index (χ4n) is 3.82. The maximum absolute atomic E-state index is 13.0. The summed E-state index contributed by atoms with van der Waals surface area (Å²) in [6.45, 7) is 2.42. The van der Waals surface area contributed by atoms with Crippen molar-refractivity contribution in [3.63, 3.8) is 0 Å². The Bertz CT molecular complexity index is 1190. The van der Waals surface area contributed by atoms with Crippen LogP contribution in [-0.2, 0) is 22.5 Å². The highest BCUT2D eigenvalue weighted by molar-refractivity contribution is 6.05. The molecule has 0 atom stereocenters. The summed E-state index contributed by atoms with van der Waals surface area (Å²) in [6, 6.07) is 12.3. The van der Waals surface area contributed by atoms with Crippen LogP contribution in [0.4, 0.5) is 5.69 Å². The molecule has 0 radical (unpaired) electrons. The van der Waals surface area contributed by atoms with E-state index in [2.05, 4.69) is 10.3 Å². The third-order valence-corrected chi connectivity index (χ3v) is 5.59. The average molecular weight is 477 g/mol. The molecule has 2 heterocycles. The highest BCUT2D eigenvalue weighted by atomic mass is 16.5. The van der Waals surface area contributed by atoms with Crippen LogP contribution < -0.4 is 16.6 Å². The smallest absolute Gasteiger partial charge is 0.326 e. The van der Waals surface area contributed by atoms with Crippen molar-refractivity contribution in [2.45, 2.75) is 45.6 Å². The first kappa shape index (κ1) is 25.8. The molecule has 0 unspecified atom stereocenters. The van der Waals surface area contributed by atoms with Crippen LogP contribution in [0.15, 0.2) is 65.8 Å². The molecule has 3 N–H and O–H groups in total. The summed E-state index contributed by atoms with van der Waals surface area (Å²) in [5.74, 6) is -0.830. The van der Waals surface area contributed by atoms with Gasteiger partial charge in [0.2, 0.25) is 0 Å². The number of hydrogen-bond acceptors (Lipinski definition) is 6. The number of carbonyl (C=O) groups is 2. The summed E-state index contributed by atoms with van der Waals surface area (Å²) in [6.07, 6.45) is 10.1. The van der Waals surface area contributed by atoms with E-state index in [0.29, 0.717) is 17.8 Å². The molecule has 1 aromatic carbocycles. The van der Waals surface area contributed by atoms with E-state index in [-0.39, 0.29) is 24.6 Å². The zero-order chi connectivity index (χ0) is 25.0. The monoisotopic (exact) mass is 476 g/mol. The molecule has 2 aromatic heterocycles. The molecule has 8 heteroatoms. The van der Waals surface area contributed by atoms with E-state index in [1.54, 1.807) is 25.4 Å². The molecular weight excluding hydrogens is 444 g/mol. The standard InChI is InChI=1S/C27H32N4O4/c1-2-35-26(33)19-31-18-23(12-13-25(31)32)30-27(34)21-11-10-20(8-5-3-4-6-14-28)24(16-21)22-9-7-15-29-17-22/h7,9-13,15-18H,2-6,8,14,19,28H2,1H3,(H,30,34). The van der Waals surface area contributed by atoms with E-state index in [1.807, 2.05) is 24.3 Å². The summed E-state index contributed by atoms with van der Waals surface area (Å²) in [5.41, 5.74) is 9.20. The Morgan fingerprint density at radius 1 is 1.09 bits per heavy atom. The predicted molar refractivity (Wildman–Crippen MR) is 136 cm³/mol. The third-order valence-electron chi connectivity index (χ3n) is 5.59. The van der Waals surface area contributed by atoms with Crippen molar-refractivity contribution in [3.05, 3.63) is 82.5 Å². The summed E-state index contributed by atoms with van der Waals surface area (Å²) >= 11 is 0. The SMILES string of the molecule is CCOC(=O)Cn1cc(NC(=O)c2ccc(CCCCCCN)c(-c3cccnc3)c2)ccc1=O. The minimum absolute atomic E-state index is 0.221. The maximum Gasteiger partial charge on any atom is 0.326 e. The second-order valence-electron chi connectivity index (χ2n) is 8.21. The Hall–Kier alpha value is -3.78. The van der Waals surface area contributed by atoms with Crippen molar-refractivity contribution in [3.8, 4) is 11.1 Å². The minimum atomic E-state index is -0.516. The topological polar surface area (TPSA) is 116 Å². The van der Waals surface area contributed by atoms with Gasteiger partial charge in [0.15, 0.2) is 0 Å². The Morgan fingerprint density at radius 2 is 1.91 bits per heavy atom. The van der Waals surface area contributed by atoms with Crippen LogP contribution in [0.5, 0.6) is 0 Å². The molecule has 3 rings (SSSR count). The second kappa shape index (κ2) is 13.2. The normalized spacial score (nSPS) is 10.7. The lowest BCUT2D eigenvalue weighted by Crippen LogP contribution is -2.25. The van der Waals surface area contributed by atoms with E-state index in [1.165, 1.54) is 22.9 Å². The number of nitrogens with zero attached hydrogens (tertiary/aromatic N) is 2. The summed E-state index contributed by atoms with van der Waals surface area (Å²) in [5, 5.41) is 2.82. The number of ether oxygens (including phenoxy) is 1. The van der Waals surface area contributed by atoms with Crippen LogP contribution in [-0.4, -0.2) is 34.6 Å². The number of nitrogens with one attached hydrogen (secondary N) is 1. The van der Waals surface area contributed by atoms with Gasteiger partial charge in [-0.25, -0.2) is 0 Å². The summed E-state index contributed by atoms with van der Waals surface area (Å²) in [7, 11) is 0. The van der Waals surface area contributed by atoms with Gasteiger partial charge in [-0.3, -0.25) is 19.4 Å². The first-order chi connectivity index (χ1) is 17.0. The van der Waals surface area contributed by atoms with Crippen molar-refractivity contribution in [1.29, 1.82) is 0 Å². The lowest BCUT2D eigenvalue weighted by Gasteiger charge is -2.13. The number of nitrogens with two attached hydrogens (primary N) is 1. The van der Waals surface area contributed by atoms with Gasteiger partial charge in [0.05, 0.1) is 12.3 Å². The Balaban J connectivity index is 1.79. The molecule has 35 heavy (non-hydrogen) atoms. The van der Waals surface area contributed by atoms with Gasteiger partial charge in [-0.05, 0) is 68.1 Å². The lowest BCUT2D eigenvalue weighted by atomic mass is 9.94. The quantitative estimate of drug-likeness (QED) is 0.303. The fraction of sp³-hybridized carbons (Fsp3) is 0.333. The number of rotatable bonds is 12. The molecule has 0 spiro atoms. The molecular formula is C27H32N4O4. The first-order valence-corrected chi connectivity index (χ1v) is 11.9. The van der Waals surface area contributed by atoms with Crippen molar-refractivity contribution in [2.24, 2.45) is 5.73 Å². The number of amides is 1. The molecule has 0 saturated carbocycles. The van der Waals surface area contributed by atoms with Crippen LogP contribution in [0.2, 0.25) is 0 Å². The molecule has 0 aliphatic rings. The van der Waals surface area contributed by atoms with E-state index < -0.39 is 5.97 Å². The third kappa shape index (κ3) is 7.61. The van der Waals surface area contributed by atoms with Crippen molar-refractivity contribution >= 4 is 17.6 Å². The zero-order valence-corrected chi connectivity index (χ0v) is 20.0. The fourth-order valence-corrected chi connectivity index (χ4v) is 3.82. The van der Waals surface area contributed by atoms with Crippen LogP contribution in [0.3, 0.4) is 0 Å². The van der Waals surface area contributed by atoms with Gasteiger partial charge in [-0.2, -0.15) is 0 Å². The molecule has 0 aliphatic heterocycles. The molecule has 0 bridgehead atoms. The van der Waals surface area contributed by atoms with Gasteiger partial charge >= 0.3 is 5.97 Å². The van der Waals surface area contributed by atoms with E-state index >= 15 is 0 Å². The Kier molecular flexibility index (Phi) is 9.74. The highest BCUT2D eigenvalue weighted by Gasteiger charge is 2.13. The number of benzene rings is 1. The minimum Gasteiger partial charge on any atom is -0.465 e. The van der Waals surface area contributed by atoms with Gasteiger partial charge < -0.3 is 20.4 Å². The lowest BCUT2D eigenvalue weighted by molar-refractivity contribution is -0.143. The van der Waals surface area contributed by atoms with E-state index in [0.717, 1.165) is 48.8 Å². The van der Waals surface area contributed by atoms with Crippen molar-refractivity contribution < 1.29 is 14.3 Å². The van der Waals surface area contributed by atoms with E-state index in [9.17, 15) is 14.4 Å². The summed E-state index contributed by atoms with van der Waals surface area (Å²) in [4.78, 5) is 41.1. The number of carbonyl (C=O) groups excluding carboxylic acids is 2. The van der Waals surface area contributed by atoms with Crippen LogP contribution in [0, 0.1) is 0 Å². The van der Waals surface area contributed by atoms with Crippen molar-refractivity contribution in [1.82, 2.24) is 9.55 Å². The van der Waals surface area contributed by atoms with Gasteiger partial charge in [-0.15, -0.1) is 0 Å². The molecule has 1 amide bonds. The number of hydrogen-bond donors (Lipinski definition) is 2. The van der Waals surface area contributed by atoms with E-state index in [4.69, 9.17) is 10.5 Å². The highest BCUT2D eigenvalue weighted by Crippen LogP contribution is 2.26. The average Bonchev–Trinajstić information content (AvgIpc) is 2.86. The van der Waals surface area contributed by atoms with Crippen molar-refractivity contribution in [2.75, 3.05) is 18.5 Å². The second-order valence-corrected chi connectivity index (χ2v) is 8.21. The molecule has 3 aromatic rings.